The third-order valence-electron chi connectivity index (χ3n) is 5.70. The van der Waals surface area contributed by atoms with Crippen molar-refractivity contribution < 1.29 is 0 Å². The molecule has 3 aliphatic carbocycles. The summed E-state index contributed by atoms with van der Waals surface area (Å²) in [4.78, 5) is 0. The molecule has 5 unspecified atom stereocenters. The summed E-state index contributed by atoms with van der Waals surface area (Å²) >= 11 is 0. The van der Waals surface area contributed by atoms with E-state index in [1.165, 1.54) is 32.1 Å². The lowest BCUT2D eigenvalue weighted by atomic mass is 10.0. The van der Waals surface area contributed by atoms with Gasteiger partial charge in [-0.2, -0.15) is 0 Å². The van der Waals surface area contributed by atoms with E-state index in [1.807, 2.05) is 0 Å². The average Bonchev–Trinajstić information content (AvgIpc) is 2.74. The van der Waals surface area contributed by atoms with Crippen LogP contribution in [0.1, 0.15) is 65.2 Å². The quantitative estimate of drug-likeness (QED) is 0.658. The van der Waals surface area contributed by atoms with Gasteiger partial charge in [0.15, 0.2) is 0 Å². The van der Waals surface area contributed by atoms with Crippen LogP contribution in [0.2, 0.25) is 0 Å². The van der Waals surface area contributed by atoms with Gasteiger partial charge in [-0.15, -0.1) is 0 Å². The van der Waals surface area contributed by atoms with E-state index in [2.05, 4.69) is 19.2 Å². The van der Waals surface area contributed by atoms with Gasteiger partial charge in [0.1, 0.15) is 0 Å². The minimum absolute atomic E-state index is 0.766. The highest BCUT2D eigenvalue weighted by molar-refractivity contribution is 5.17. The zero-order valence-electron chi connectivity index (χ0n) is 11.6. The second-order valence-corrected chi connectivity index (χ2v) is 6.93. The topological polar surface area (TPSA) is 12.0 Å². The van der Waals surface area contributed by atoms with Crippen molar-refractivity contribution in [3.63, 3.8) is 0 Å². The smallest absolute Gasteiger partial charge is 0.0138 e. The van der Waals surface area contributed by atoms with Crippen molar-refractivity contribution >= 4 is 0 Å². The van der Waals surface area contributed by atoms with Crippen LogP contribution >= 0.6 is 0 Å². The van der Waals surface area contributed by atoms with Crippen molar-refractivity contribution in [3.8, 4) is 0 Å². The van der Waals surface area contributed by atoms with Gasteiger partial charge in [0, 0.05) is 12.1 Å². The predicted octanol–water partition coefficient (Wildman–Crippen LogP) is 3.98. The monoisotopic (exact) mass is 235 g/mol. The average molecular weight is 235 g/mol. The maximum atomic E-state index is 3.93. The lowest BCUT2D eigenvalue weighted by Crippen LogP contribution is -2.31. The van der Waals surface area contributed by atoms with Crippen LogP contribution in [-0.2, 0) is 0 Å². The SMILES string of the molecule is CCCCCCC(C)NC1C2C3CCC(C3)C12. The summed E-state index contributed by atoms with van der Waals surface area (Å²) in [6.45, 7) is 4.70. The molecule has 2 bridgehead atoms. The van der Waals surface area contributed by atoms with Gasteiger partial charge in [0.25, 0.3) is 0 Å². The van der Waals surface area contributed by atoms with Crippen LogP contribution < -0.4 is 5.32 Å². The molecule has 1 nitrogen and oxygen atoms in total. The van der Waals surface area contributed by atoms with E-state index in [0.29, 0.717) is 0 Å². The fourth-order valence-electron chi connectivity index (χ4n) is 4.84. The van der Waals surface area contributed by atoms with E-state index in [0.717, 1.165) is 35.8 Å². The highest BCUT2D eigenvalue weighted by atomic mass is 15.0. The second-order valence-electron chi connectivity index (χ2n) is 6.93. The Morgan fingerprint density at radius 1 is 1.06 bits per heavy atom. The van der Waals surface area contributed by atoms with Crippen LogP contribution in [0, 0.1) is 23.7 Å². The van der Waals surface area contributed by atoms with E-state index in [9.17, 15) is 0 Å². The number of rotatable bonds is 7. The molecule has 1 heteroatoms. The molecule has 0 amide bonds. The first-order chi connectivity index (χ1) is 8.31. The Balaban J connectivity index is 1.35. The van der Waals surface area contributed by atoms with Crippen molar-refractivity contribution in [3.05, 3.63) is 0 Å². The van der Waals surface area contributed by atoms with E-state index >= 15 is 0 Å². The molecule has 5 atom stereocenters. The summed E-state index contributed by atoms with van der Waals surface area (Å²) in [5.41, 5.74) is 0. The first-order valence-corrected chi connectivity index (χ1v) is 8.07. The summed E-state index contributed by atoms with van der Waals surface area (Å²) in [7, 11) is 0. The third-order valence-corrected chi connectivity index (χ3v) is 5.70. The predicted molar refractivity (Wildman–Crippen MR) is 73.0 cm³/mol. The second kappa shape index (κ2) is 4.91. The highest BCUT2D eigenvalue weighted by Crippen LogP contribution is 2.65. The van der Waals surface area contributed by atoms with E-state index in [-0.39, 0.29) is 0 Å². The third kappa shape index (κ3) is 2.28. The van der Waals surface area contributed by atoms with Crippen molar-refractivity contribution in [2.75, 3.05) is 0 Å². The molecule has 0 radical (unpaired) electrons. The fraction of sp³-hybridized carbons (Fsp3) is 1.00. The van der Waals surface area contributed by atoms with Crippen LogP contribution in [-0.4, -0.2) is 12.1 Å². The standard InChI is InChI=1S/C16H29N/c1-3-4-5-6-7-11(2)17-16-14-12-8-9-13(10-12)15(14)16/h11-17H,3-10H2,1-2H3. The van der Waals surface area contributed by atoms with Crippen molar-refractivity contribution in [2.24, 2.45) is 23.7 Å². The van der Waals surface area contributed by atoms with Gasteiger partial charge in [-0.3, -0.25) is 0 Å². The Morgan fingerprint density at radius 3 is 2.41 bits per heavy atom. The van der Waals surface area contributed by atoms with Gasteiger partial charge in [0.05, 0.1) is 0 Å². The van der Waals surface area contributed by atoms with Gasteiger partial charge >= 0.3 is 0 Å². The summed E-state index contributed by atoms with van der Waals surface area (Å²) in [5, 5.41) is 3.93. The van der Waals surface area contributed by atoms with Crippen molar-refractivity contribution in [2.45, 2.75) is 77.3 Å². The van der Waals surface area contributed by atoms with Gasteiger partial charge in [0.2, 0.25) is 0 Å². The molecule has 17 heavy (non-hydrogen) atoms. The maximum Gasteiger partial charge on any atom is 0.0138 e. The fourth-order valence-corrected chi connectivity index (χ4v) is 4.84. The molecule has 98 valence electrons. The van der Waals surface area contributed by atoms with Crippen LogP contribution in [0.4, 0.5) is 0 Å². The van der Waals surface area contributed by atoms with E-state index in [1.54, 1.807) is 19.3 Å². The Bertz CT molecular complexity index is 246. The molecule has 3 rings (SSSR count). The minimum atomic E-state index is 0.766. The summed E-state index contributed by atoms with van der Waals surface area (Å²) in [5.74, 6) is 4.45. The Labute approximate surface area is 107 Å². The molecule has 0 saturated heterocycles. The lowest BCUT2D eigenvalue weighted by Gasteiger charge is -2.16. The van der Waals surface area contributed by atoms with Gasteiger partial charge in [-0.05, 0) is 56.3 Å². The Kier molecular flexibility index (Phi) is 3.47. The molecular formula is C16H29N. The number of unbranched alkanes of at least 4 members (excludes halogenated alkanes) is 3. The number of fused-ring (bicyclic) bond motifs is 5. The van der Waals surface area contributed by atoms with Crippen LogP contribution in [0.15, 0.2) is 0 Å². The molecule has 3 fully saturated rings. The molecule has 0 heterocycles. The lowest BCUT2D eigenvalue weighted by molar-refractivity contribution is 0.408. The Morgan fingerprint density at radius 2 is 1.76 bits per heavy atom. The molecule has 3 saturated carbocycles. The van der Waals surface area contributed by atoms with Gasteiger partial charge < -0.3 is 5.32 Å². The molecular weight excluding hydrogens is 206 g/mol. The molecule has 0 aromatic rings. The number of hydrogen-bond donors (Lipinski definition) is 1. The van der Waals surface area contributed by atoms with E-state index in [4.69, 9.17) is 0 Å². The normalized spacial score (nSPS) is 43.8. The maximum absolute atomic E-state index is 3.93. The largest absolute Gasteiger partial charge is 0.311 e. The molecule has 0 aromatic carbocycles. The molecule has 0 aromatic heterocycles. The van der Waals surface area contributed by atoms with Crippen molar-refractivity contribution in [1.29, 1.82) is 0 Å². The van der Waals surface area contributed by atoms with Crippen LogP contribution in [0.3, 0.4) is 0 Å². The van der Waals surface area contributed by atoms with Crippen molar-refractivity contribution in [1.82, 2.24) is 5.32 Å². The molecule has 1 N–H and O–H groups in total. The zero-order chi connectivity index (χ0) is 11.8. The van der Waals surface area contributed by atoms with E-state index < -0.39 is 0 Å². The molecule has 0 spiro atoms. The first-order valence-electron chi connectivity index (χ1n) is 8.07. The summed E-state index contributed by atoms with van der Waals surface area (Å²) in [6.07, 6.45) is 11.7. The minimum Gasteiger partial charge on any atom is -0.311 e. The van der Waals surface area contributed by atoms with Crippen LogP contribution in [0.25, 0.3) is 0 Å². The Hall–Kier alpha value is -0.0400. The summed E-state index contributed by atoms with van der Waals surface area (Å²) in [6, 6.07) is 1.70. The molecule has 3 aliphatic rings. The zero-order valence-corrected chi connectivity index (χ0v) is 11.6. The van der Waals surface area contributed by atoms with Crippen LogP contribution in [0.5, 0.6) is 0 Å². The first kappa shape index (κ1) is 12.0. The van der Waals surface area contributed by atoms with Gasteiger partial charge in [-0.1, -0.05) is 32.6 Å². The van der Waals surface area contributed by atoms with Gasteiger partial charge in [-0.25, -0.2) is 0 Å². The highest BCUT2D eigenvalue weighted by Gasteiger charge is 2.64. The molecule has 0 aliphatic heterocycles. The number of hydrogen-bond acceptors (Lipinski definition) is 1. The number of nitrogens with one attached hydrogen (secondary N) is 1. The summed E-state index contributed by atoms with van der Waals surface area (Å²) < 4.78 is 0.